The average Bonchev–Trinajstić information content (AvgIpc) is 3.01. The molecule has 0 radical (unpaired) electrons. The first-order valence-electron chi connectivity index (χ1n) is 7.67. The van der Waals surface area contributed by atoms with E-state index in [1.54, 1.807) is 49.4 Å². The molecule has 0 bridgehead atoms. The molecule has 1 unspecified atom stereocenters. The molecule has 0 saturated carbocycles. The molecule has 0 fully saturated rings. The quantitative estimate of drug-likeness (QED) is 0.722. The molecule has 0 aromatic heterocycles. The largest absolute Gasteiger partial charge is 0.471 e. The molecule has 1 aliphatic heterocycles. The summed E-state index contributed by atoms with van der Waals surface area (Å²) in [6, 6.07) is 11.9. The van der Waals surface area contributed by atoms with Crippen LogP contribution in [0.4, 0.5) is 17.6 Å². The van der Waals surface area contributed by atoms with Crippen molar-refractivity contribution in [2.75, 3.05) is 6.54 Å². The van der Waals surface area contributed by atoms with Crippen LogP contribution < -0.4 is 0 Å². The van der Waals surface area contributed by atoms with E-state index in [2.05, 4.69) is 0 Å². The summed E-state index contributed by atoms with van der Waals surface area (Å²) in [5.41, 5.74) is 1.92. The number of rotatable bonds is 2. The van der Waals surface area contributed by atoms with Crippen molar-refractivity contribution < 1.29 is 22.4 Å². The molecule has 0 N–H and O–H groups in total. The minimum Gasteiger partial charge on any atom is -0.320 e. The predicted octanol–water partition coefficient (Wildman–Crippen LogP) is 4.66. The van der Waals surface area contributed by atoms with Gasteiger partial charge < -0.3 is 4.90 Å². The van der Waals surface area contributed by atoms with Crippen molar-refractivity contribution in [2.24, 2.45) is 0 Å². The van der Waals surface area contributed by atoms with Crippen LogP contribution in [-0.2, 0) is 4.79 Å². The van der Waals surface area contributed by atoms with Gasteiger partial charge in [0, 0.05) is 12.1 Å². The molecule has 1 heterocycles. The molecule has 1 atom stereocenters. The van der Waals surface area contributed by atoms with Crippen LogP contribution in [0.2, 0.25) is 0 Å². The molecule has 1 aliphatic rings. The number of alkyl halides is 3. The molecule has 25 heavy (non-hydrogen) atoms. The van der Waals surface area contributed by atoms with Crippen molar-refractivity contribution in [3.05, 3.63) is 77.1 Å². The molecule has 6 heteroatoms. The molecule has 2 aromatic carbocycles. The average molecular weight is 349 g/mol. The van der Waals surface area contributed by atoms with Gasteiger partial charge in [-0.25, -0.2) is 4.39 Å². The van der Waals surface area contributed by atoms with E-state index in [4.69, 9.17) is 0 Å². The van der Waals surface area contributed by atoms with E-state index in [1.807, 2.05) is 0 Å². The molecule has 0 spiro atoms. The van der Waals surface area contributed by atoms with Crippen LogP contribution in [0.1, 0.15) is 22.7 Å². The van der Waals surface area contributed by atoms with Crippen molar-refractivity contribution in [3.8, 4) is 0 Å². The van der Waals surface area contributed by atoms with Crippen LogP contribution in [0, 0.1) is 12.7 Å². The lowest BCUT2D eigenvalue weighted by atomic mass is 10.0. The van der Waals surface area contributed by atoms with Gasteiger partial charge in [0.05, 0.1) is 6.04 Å². The van der Waals surface area contributed by atoms with Crippen molar-refractivity contribution >= 4 is 11.5 Å². The van der Waals surface area contributed by atoms with Crippen LogP contribution >= 0.6 is 0 Å². The fourth-order valence-corrected chi connectivity index (χ4v) is 2.96. The van der Waals surface area contributed by atoms with Crippen LogP contribution in [0.3, 0.4) is 0 Å². The number of nitrogens with zero attached hydrogens (tertiary/aromatic N) is 1. The molecule has 3 rings (SSSR count). The third kappa shape index (κ3) is 3.43. The smallest absolute Gasteiger partial charge is 0.320 e. The first-order valence-corrected chi connectivity index (χ1v) is 7.67. The summed E-state index contributed by atoms with van der Waals surface area (Å²) in [5, 5.41) is 0. The first-order chi connectivity index (χ1) is 11.8. The highest BCUT2D eigenvalue weighted by Crippen LogP contribution is 2.38. The van der Waals surface area contributed by atoms with Gasteiger partial charge in [-0.05, 0) is 30.2 Å². The minimum absolute atomic E-state index is 0.221. The zero-order valence-corrected chi connectivity index (χ0v) is 13.3. The number of amides is 1. The van der Waals surface area contributed by atoms with Crippen LogP contribution in [-0.4, -0.2) is 23.5 Å². The van der Waals surface area contributed by atoms with Crippen molar-refractivity contribution in [1.29, 1.82) is 0 Å². The second-order valence-electron chi connectivity index (χ2n) is 5.96. The number of hydrogen-bond donors (Lipinski definition) is 0. The van der Waals surface area contributed by atoms with Gasteiger partial charge in [0.2, 0.25) is 0 Å². The van der Waals surface area contributed by atoms with Gasteiger partial charge in [-0.15, -0.1) is 0 Å². The number of carbonyl (C=O) groups excluding carboxylic acids is 1. The Morgan fingerprint density at radius 3 is 2.44 bits per heavy atom. The van der Waals surface area contributed by atoms with Gasteiger partial charge >= 0.3 is 12.1 Å². The molecule has 1 amide bonds. The SMILES string of the molecule is Cc1ccc(F)c(C2=CC(c3ccccc3)N(C(=O)C(F)(F)F)C2)c1. The Labute approximate surface area is 142 Å². The summed E-state index contributed by atoms with van der Waals surface area (Å²) in [7, 11) is 0. The van der Waals surface area contributed by atoms with Crippen LogP contribution in [0.5, 0.6) is 0 Å². The maximum absolute atomic E-state index is 14.1. The van der Waals surface area contributed by atoms with Crippen molar-refractivity contribution in [3.63, 3.8) is 0 Å². The maximum Gasteiger partial charge on any atom is 0.471 e. The monoisotopic (exact) mass is 349 g/mol. The topological polar surface area (TPSA) is 20.3 Å². The summed E-state index contributed by atoms with van der Waals surface area (Å²) in [6.45, 7) is 1.48. The number of halogens is 4. The van der Waals surface area contributed by atoms with Gasteiger partial charge in [0.15, 0.2) is 0 Å². The van der Waals surface area contributed by atoms with Gasteiger partial charge in [0.1, 0.15) is 5.82 Å². The Morgan fingerprint density at radius 2 is 1.80 bits per heavy atom. The molecule has 0 aliphatic carbocycles. The molecular formula is C19H15F4NO. The second kappa shape index (κ2) is 6.35. The van der Waals surface area contributed by atoms with Gasteiger partial charge in [-0.1, -0.05) is 48.0 Å². The van der Waals surface area contributed by atoms with Crippen molar-refractivity contribution in [1.82, 2.24) is 4.90 Å². The van der Waals surface area contributed by atoms with Crippen LogP contribution in [0.15, 0.2) is 54.6 Å². The fourth-order valence-electron chi connectivity index (χ4n) is 2.96. The highest BCUT2D eigenvalue weighted by atomic mass is 19.4. The summed E-state index contributed by atoms with van der Waals surface area (Å²) < 4.78 is 53.1. The Hall–Kier alpha value is -2.63. The number of carbonyl (C=O) groups is 1. The lowest BCUT2D eigenvalue weighted by Gasteiger charge is -2.26. The maximum atomic E-state index is 14.1. The van der Waals surface area contributed by atoms with E-state index in [9.17, 15) is 22.4 Å². The Balaban J connectivity index is 2.05. The molecule has 130 valence electrons. The Bertz CT molecular complexity index is 827. The Kier molecular flexibility index (Phi) is 4.37. The number of aryl methyl sites for hydroxylation is 1. The van der Waals surface area contributed by atoms with Gasteiger partial charge in [0.25, 0.3) is 0 Å². The van der Waals surface area contributed by atoms with Gasteiger partial charge in [-0.2, -0.15) is 13.2 Å². The van der Waals surface area contributed by atoms with Crippen molar-refractivity contribution in [2.45, 2.75) is 19.1 Å². The summed E-state index contributed by atoms with van der Waals surface area (Å²) in [5.74, 6) is -2.45. The standard InChI is InChI=1S/C19H15F4NO/c1-12-7-8-16(20)15(9-12)14-10-17(13-5-3-2-4-6-13)24(11-14)18(25)19(21,22)23/h2-10,17H,11H2,1H3. The third-order valence-electron chi connectivity index (χ3n) is 4.15. The van der Waals surface area contributed by atoms with E-state index in [1.165, 1.54) is 12.1 Å². The molecular weight excluding hydrogens is 334 g/mol. The van der Waals surface area contributed by atoms with E-state index in [0.717, 1.165) is 10.5 Å². The summed E-state index contributed by atoms with van der Waals surface area (Å²) in [4.78, 5) is 12.6. The summed E-state index contributed by atoms with van der Waals surface area (Å²) >= 11 is 0. The minimum atomic E-state index is -4.98. The normalized spacial score (nSPS) is 17.6. The first kappa shape index (κ1) is 17.2. The highest BCUT2D eigenvalue weighted by Gasteiger charge is 2.46. The van der Waals surface area contributed by atoms with E-state index in [-0.39, 0.29) is 12.1 Å². The van der Waals surface area contributed by atoms with E-state index in [0.29, 0.717) is 11.1 Å². The number of benzene rings is 2. The zero-order chi connectivity index (χ0) is 18.2. The van der Waals surface area contributed by atoms with E-state index < -0.39 is 23.9 Å². The molecule has 2 aromatic rings. The zero-order valence-electron chi connectivity index (χ0n) is 13.3. The Morgan fingerprint density at radius 1 is 1.12 bits per heavy atom. The van der Waals surface area contributed by atoms with E-state index >= 15 is 0 Å². The van der Waals surface area contributed by atoms with Gasteiger partial charge in [-0.3, -0.25) is 4.79 Å². The third-order valence-corrected chi connectivity index (χ3v) is 4.15. The second-order valence-corrected chi connectivity index (χ2v) is 5.96. The lowest BCUT2D eigenvalue weighted by molar-refractivity contribution is -0.185. The fraction of sp³-hybridized carbons (Fsp3) is 0.211. The molecule has 2 nitrogen and oxygen atoms in total. The van der Waals surface area contributed by atoms with Crippen LogP contribution in [0.25, 0.3) is 5.57 Å². The number of hydrogen-bond acceptors (Lipinski definition) is 1. The predicted molar refractivity (Wildman–Crippen MR) is 86.1 cm³/mol. The summed E-state index contributed by atoms with van der Waals surface area (Å²) in [6.07, 6.45) is -3.46. The lowest BCUT2D eigenvalue weighted by Crippen LogP contribution is -2.41. The molecule has 0 saturated heterocycles. The highest BCUT2D eigenvalue weighted by molar-refractivity contribution is 5.87.